The Morgan fingerprint density at radius 3 is 2.55 bits per heavy atom. The molecule has 0 aliphatic rings. The minimum absolute atomic E-state index is 0.0608. The van der Waals surface area contributed by atoms with Crippen molar-refractivity contribution in [1.29, 1.82) is 0 Å². The quantitative estimate of drug-likeness (QED) is 0.610. The van der Waals surface area contributed by atoms with Crippen molar-refractivity contribution in [2.24, 2.45) is 0 Å². The number of benzene rings is 1. The molecule has 0 spiro atoms. The average Bonchev–Trinajstić information content (AvgIpc) is 2.92. The second kappa shape index (κ2) is 4.54. The van der Waals surface area contributed by atoms with E-state index in [1.165, 1.54) is 30.5 Å². The van der Waals surface area contributed by atoms with Gasteiger partial charge >= 0.3 is 0 Å². The topological polar surface area (TPSA) is 113 Å². The average molecular weight is 271 g/mol. The van der Waals surface area contributed by atoms with Crippen LogP contribution in [0.1, 0.15) is 0 Å². The molecule has 7 heteroatoms. The van der Waals surface area contributed by atoms with Gasteiger partial charge in [0.05, 0.1) is 0 Å². The molecule has 0 aliphatic heterocycles. The summed E-state index contributed by atoms with van der Waals surface area (Å²) in [6.45, 7) is 0. The van der Waals surface area contributed by atoms with Crippen molar-refractivity contribution in [3.05, 3.63) is 36.5 Å². The first-order chi connectivity index (χ1) is 9.65. The van der Waals surface area contributed by atoms with Crippen LogP contribution in [-0.4, -0.2) is 30.4 Å². The van der Waals surface area contributed by atoms with Crippen LogP contribution >= 0.6 is 0 Å². The van der Waals surface area contributed by atoms with Gasteiger partial charge < -0.3 is 19.8 Å². The van der Waals surface area contributed by atoms with Crippen LogP contribution < -0.4 is 0 Å². The number of pyridine rings is 1. The van der Waals surface area contributed by atoms with E-state index in [-0.39, 0.29) is 34.7 Å². The van der Waals surface area contributed by atoms with E-state index in [0.29, 0.717) is 5.56 Å². The predicted octanol–water partition coefficient (Wildman–Crippen LogP) is 1.92. The van der Waals surface area contributed by atoms with Gasteiger partial charge in [-0.15, -0.1) is 0 Å². The molecule has 3 rings (SSSR count). The molecule has 0 aliphatic carbocycles. The Kier molecular flexibility index (Phi) is 2.72. The van der Waals surface area contributed by atoms with Gasteiger partial charge in [-0.05, 0) is 30.3 Å². The lowest BCUT2D eigenvalue weighted by Crippen LogP contribution is -1.84. The highest BCUT2D eigenvalue weighted by Crippen LogP contribution is 2.31. The van der Waals surface area contributed by atoms with Crippen LogP contribution in [0, 0.1) is 0 Å². The Morgan fingerprint density at radius 2 is 1.80 bits per heavy atom. The molecule has 2 aromatic heterocycles. The summed E-state index contributed by atoms with van der Waals surface area (Å²) in [4.78, 5) is 8.04. The van der Waals surface area contributed by atoms with Gasteiger partial charge in [0, 0.05) is 11.8 Å². The number of phenolic OH excluding ortho intramolecular Hbond substituents is 2. The van der Waals surface area contributed by atoms with Crippen LogP contribution in [0.5, 0.6) is 17.2 Å². The summed E-state index contributed by atoms with van der Waals surface area (Å²) in [6.07, 6.45) is 1.49. The molecule has 1 aromatic carbocycles. The minimum atomic E-state index is -0.283. The largest absolute Gasteiger partial charge is 0.505 e. The molecule has 2 heterocycles. The molecule has 20 heavy (non-hydrogen) atoms. The third kappa shape index (κ3) is 2.01. The standard InChI is InChI=1S/C13H9N3O4/c17-8-4-3-7(6-10(8)19)12-15-13(20-16-12)11-9(18)2-1-5-14-11/h1-6,17-19H. The van der Waals surface area contributed by atoms with E-state index in [1.807, 2.05) is 0 Å². The molecule has 0 saturated carbocycles. The molecule has 3 aromatic rings. The van der Waals surface area contributed by atoms with Crippen molar-refractivity contribution in [3.8, 4) is 40.2 Å². The summed E-state index contributed by atoms with van der Waals surface area (Å²) >= 11 is 0. The van der Waals surface area contributed by atoms with Gasteiger partial charge in [0.25, 0.3) is 5.89 Å². The molecule has 0 bridgehead atoms. The van der Waals surface area contributed by atoms with Crippen molar-refractivity contribution >= 4 is 0 Å². The number of rotatable bonds is 2. The van der Waals surface area contributed by atoms with E-state index in [1.54, 1.807) is 6.07 Å². The van der Waals surface area contributed by atoms with E-state index < -0.39 is 0 Å². The first-order valence-electron chi connectivity index (χ1n) is 5.65. The van der Waals surface area contributed by atoms with Crippen molar-refractivity contribution in [2.75, 3.05) is 0 Å². The fourth-order valence-corrected chi connectivity index (χ4v) is 1.66. The third-order valence-electron chi connectivity index (χ3n) is 2.65. The van der Waals surface area contributed by atoms with Gasteiger partial charge in [-0.2, -0.15) is 4.98 Å². The van der Waals surface area contributed by atoms with E-state index in [9.17, 15) is 15.3 Å². The number of aromatic nitrogens is 3. The van der Waals surface area contributed by atoms with Gasteiger partial charge in [-0.3, -0.25) is 0 Å². The lowest BCUT2D eigenvalue weighted by molar-refractivity contribution is 0.403. The van der Waals surface area contributed by atoms with Gasteiger partial charge in [0.1, 0.15) is 5.75 Å². The monoisotopic (exact) mass is 271 g/mol. The summed E-state index contributed by atoms with van der Waals surface area (Å²) < 4.78 is 5.03. The molecular formula is C13H9N3O4. The van der Waals surface area contributed by atoms with Gasteiger partial charge in [-0.1, -0.05) is 5.16 Å². The lowest BCUT2D eigenvalue weighted by Gasteiger charge is -1.98. The lowest BCUT2D eigenvalue weighted by atomic mass is 10.2. The molecule has 0 radical (unpaired) electrons. The summed E-state index contributed by atoms with van der Waals surface area (Å²) in [7, 11) is 0. The molecule has 100 valence electrons. The highest BCUT2D eigenvalue weighted by molar-refractivity contribution is 5.63. The maximum Gasteiger partial charge on any atom is 0.280 e. The summed E-state index contributed by atoms with van der Waals surface area (Å²) in [6, 6.07) is 7.19. The van der Waals surface area contributed by atoms with E-state index >= 15 is 0 Å². The van der Waals surface area contributed by atoms with Crippen LogP contribution in [0.15, 0.2) is 41.1 Å². The van der Waals surface area contributed by atoms with Crippen molar-refractivity contribution < 1.29 is 19.8 Å². The molecule has 7 nitrogen and oxygen atoms in total. The maximum atomic E-state index is 9.66. The van der Waals surface area contributed by atoms with Crippen molar-refractivity contribution in [3.63, 3.8) is 0 Å². The summed E-state index contributed by atoms with van der Waals surface area (Å²) in [5.41, 5.74) is 0.639. The highest BCUT2D eigenvalue weighted by atomic mass is 16.5. The zero-order valence-corrected chi connectivity index (χ0v) is 10.1. The minimum Gasteiger partial charge on any atom is -0.505 e. The molecule has 3 N–H and O–H groups in total. The Hall–Kier alpha value is -3.09. The predicted molar refractivity (Wildman–Crippen MR) is 68.0 cm³/mol. The Morgan fingerprint density at radius 1 is 0.950 bits per heavy atom. The van der Waals surface area contributed by atoms with Crippen molar-refractivity contribution in [1.82, 2.24) is 15.1 Å². The van der Waals surface area contributed by atoms with E-state index in [4.69, 9.17) is 4.52 Å². The van der Waals surface area contributed by atoms with Crippen LogP contribution in [0.25, 0.3) is 23.0 Å². The second-order valence-electron chi connectivity index (χ2n) is 4.00. The number of phenols is 2. The number of aromatic hydroxyl groups is 3. The summed E-state index contributed by atoms with van der Waals surface area (Å²) in [5, 5.41) is 32.1. The number of hydrogen-bond acceptors (Lipinski definition) is 7. The fraction of sp³-hybridized carbons (Fsp3) is 0. The fourth-order valence-electron chi connectivity index (χ4n) is 1.66. The van der Waals surface area contributed by atoms with Crippen LogP contribution in [0.4, 0.5) is 0 Å². The van der Waals surface area contributed by atoms with Gasteiger partial charge in [-0.25, -0.2) is 4.98 Å². The summed E-state index contributed by atoms with van der Waals surface area (Å²) in [5.74, 6) is -0.323. The Labute approximate surface area is 112 Å². The van der Waals surface area contributed by atoms with Crippen LogP contribution in [-0.2, 0) is 0 Å². The second-order valence-corrected chi connectivity index (χ2v) is 4.00. The van der Waals surface area contributed by atoms with E-state index in [0.717, 1.165) is 0 Å². The van der Waals surface area contributed by atoms with Crippen LogP contribution in [0.3, 0.4) is 0 Å². The van der Waals surface area contributed by atoms with Crippen LogP contribution in [0.2, 0.25) is 0 Å². The highest BCUT2D eigenvalue weighted by Gasteiger charge is 2.15. The maximum absolute atomic E-state index is 9.66. The number of nitrogens with zero attached hydrogens (tertiary/aromatic N) is 3. The van der Waals surface area contributed by atoms with Gasteiger partial charge in [0.15, 0.2) is 17.2 Å². The smallest absolute Gasteiger partial charge is 0.280 e. The third-order valence-corrected chi connectivity index (χ3v) is 2.65. The zero-order valence-electron chi connectivity index (χ0n) is 10.1. The molecular weight excluding hydrogens is 262 g/mol. The zero-order chi connectivity index (χ0) is 14.1. The van der Waals surface area contributed by atoms with Crippen molar-refractivity contribution in [2.45, 2.75) is 0 Å². The Balaban J connectivity index is 2.02. The SMILES string of the molecule is Oc1ccc(-c2noc(-c3ncccc3O)n2)cc1O. The first-order valence-corrected chi connectivity index (χ1v) is 5.65. The van der Waals surface area contributed by atoms with E-state index in [2.05, 4.69) is 15.1 Å². The molecule has 0 saturated heterocycles. The Bertz CT molecular complexity index is 770. The first kappa shape index (κ1) is 12.0. The molecule has 0 amide bonds. The van der Waals surface area contributed by atoms with Gasteiger partial charge in [0.2, 0.25) is 5.82 Å². The normalized spacial score (nSPS) is 10.6. The molecule has 0 atom stereocenters. The number of hydrogen-bond donors (Lipinski definition) is 3. The molecule has 0 fully saturated rings. The molecule has 0 unspecified atom stereocenters.